The van der Waals surface area contributed by atoms with Crippen molar-refractivity contribution in [2.75, 3.05) is 18.4 Å². The number of carbonyl (C=O) groups is 1. The van der Waals surface area contributed by atoms with E-state index >= 15 is 0 Å². The normalized spacial score (nSPS) is 19.2. The number of benzene rings is 1. The molecule has 2 rings (SSSR count). The molecule has 1 aromatic rings. The summed E-state index contributed by atoms with van der Waals surface area (Å²) in [5.74, 6) is 0.180. The summed E-state index contributed by atoms with van der Waals surface area (Å²) in [7, 11) is 0. The van der Waals surface area contributed by atoms with Gasteiger partial charge in [-0.1, -0.05) is 11.6 Å². The molecule has 0 radical (unpaired) electrons. The zero-order chi connectivity index (χ0) is 11.4. The van der Waals surface area contributed by atoms with Crippen LogP contribution in [0.4, 0.5) is 5.69 Å². The molecule has 1 aliphatic rings. The van der Waals surface area contributed by atoms with Crippen LogP contribution in [0.5, 0.6) is 0 Å². The summed E-state index contributed by atoms with van der Waals surface area (Å²) < 4.78 is 0. The van der Waals surface area contributed by atoms with Gasteiger partial charge < -0.3 is 10.6 Å². The van der Waals surface area contributed by atoms with Gasteiger partial charge in [0.1, 0.15) is 0 Å². The van der Waals surface area contributed by atoms with Crippen LogP contribution in [0.25, 0.3) is 0 Å². The summed E-state index contributed by atoms with van der Waals surface area (Å²) in [6.45, 7) is 1.80. The van der Waals surface area contributed by atoms with Crippen LogP contribution in [0.1, 0.15) is 12.8 Å². The number of piperidine rings is 1. The first-order valence-electron chi connectivity index (χ1n) is 5.53. The third kappa shape index (κ3) is 4.19. The third-order valence-electron chi connectivity index (χ3n) is 2.78. The molecular formula is C12H16Cl2N2O. The van der Waals surface area contributed by atoms with E-state index in [-0.39, 0.29) is 24.2 Å². The van der Waals surface area contributed by atoms with E-state index in [0.29, 0.717) is 5.02 Å². The Morgan fingerprint density at radius 3 is 2.65 bits per heavy atom. The Kier molecular flexibility index (Phi) is 5.75. The number of amides is 1. The Bertz CT molecular complexity index is 361. The highest BCUT2D eigenvalue weighted by Gasteiger charge is 2.20. The highest BCUT2D eigenvalue weighted by Crippen LogP contribution is 2.16. The zero-order valence-electron chi connectivity index (χ0n) is 9.41. The molecule has 0 saturated carbocycles. The highest BCUT2D eigenvalue weighted by molar-refractivity contribution is 6.30. The largest absolute Gasteiger partial charge is 0.326 e. The molecule has 1 aliphatic heterocycles. The molecule has 1 fully saturated rings. The molecule has 0 spiro atoms. The number of rotatable bonds is 2. The second kappa shape index (κ2) is 6.84. The second-order valence-corrected chi connectivity index (χ2v) is 4.48. The average molecular weight is 275 g/mol. The molecule has 3 nitrogen and oxygen atoms in total. The van der Waals surface area contributed by atoms with E-state index in [1.54, 1.807) is 12.1 Å². The standard InChI is InChI=1S/C12H15ClN2O.ClH/c13-10-3-5-11(6-4-10)15-12(16)9-2-1-7-14-8-9;/h3-6,9,14H,1-2,7-8H2,(H,15,16);1H. The lowest BCUT2D eigenvalue weighted by molar-refractivity contribution is -0.120. The highest BCUT2D eigenvalue weighted by atomic mass is 35.5. The lowest BCUT2D eigenvalue weighted by Gasteiger charge is -2.21. The molecule has 2 N–H and O–H groups in total. The van der Waals surface area contributed by atoms with Gasteiger partial charge in [-0.2, -0.15) is 0 Å². The zero-order valence-corrected chi connectivity index (χ0v) is 11.0. The second-order valence-electron chi connectivity index (χ2n) is 4.04. The predicted octanol–water partition coefficient (Wildman–Crippen LogP) is 2.70. The molecule has 5 heteroatoms. The van der Waals surface area contributed by atoms with Crippen LogP contribution in [0.3, 0.4) is 0 Å². The van der Waals surface area contributed by atoms with Gasteiger partial charge in [0.15, 0.2) is 0 Å². The molecule has 1 heterocycles. The Labute approximate surface area is 112 Å². The molecule has 0 aromatic heterocycles. The molecule has 17 heavy (non-hydrogen) atoms. The summed E-state index contributed by atoms with van der Waals surface area (Å²) in [6.07, 6.45) is 2.03. The molecule has 1 atom stereocenters. The van der Waals surface area contributed by atoms with Crippen molar-refractivity contribution in [1.29, 1.82) is 0 Å². The molecule has 0 bridgehead atoms. The van der Waals surface area contributed by atoms with Crippen molar-refractivity contribution in [2.24, 2.45) is 5.92 Å². The maximum absolute atomic E-state index is 11.9. The van der Waals surface area contributed by atoms with E-state index in [2.05, 4.69) is 10.6 Å². The van der Waals surface area contributed by atoms with Crippen molar-refractivity contribution in [2.45, 2.75) is 12.8 Å². The number of carbonyl (C=O) groups excluding carboxylic acids is 1. The summed E-state index contributed by atoms with van der Waals surface area (Å²) in [6, 6.07) is 7.18. The third-order valence-corrected chi connectivity index (χ3v) is 3.03. The van der Waals surface area contributed by atoms with Crippen LogP contribution in [-0.4, -0.2) is 19.0 Å². The van der Waals surface area contributed by atoms with Gasteiger partial charge in [0.2, 0.25) is 5.91 Å². The van der Waals surface area contributed by atoms with Gasteiger partial charge in [-0.15, -0.1) is 12.4 Å². The van der Waals surface area contributed by atoms with Gasteiger partial charge in [-0.25, -0.2) is 0 Å². The molecule has 1 saturated heterocycles. The van der Waals surface area contributed by atoms with Crippen LogP contribution in [0, 0.1) is 5.92 Å². The Balaban J connectivity index is 0.00000144. The van der Waals surface area contributed by atoms with E-state index in [4.69, 9.17) is 11.6 Å². The molecule has 94 valence electrons. The van der Waals surface area contributed by atoms with Crippen LogP contribution in [-0.2, 0) is 4.79 Å². The van der Waals surface area contributed by atoms with Crippen molar-refractivity contribution in [1.82, 2.24) is 5.32 Å². The number of anilines is 1. The van der Waals surface area contributed by atoms with Gasteiger partial charge in [-0.3, -0.25) is 4.79 Å². The fourth-order valence-corrected chi connectivity index (χ4v) is 1.98. The lowest BCUT2D eigenvalue weighted by Crippen LogP contribution is -2.37. The Morgan fingerprint density at radius 2 is 2.06 bits per heavy atom. The molecule has 1 unspecified atom stereocenters. The number of halogens is 2. The number of nitrogens with one attached hydrogen (secondary N) is 2. The average Bonchev–Trinajstić information content (AvgIpc) is 2.33. The van der Waals surface area contributed by atoms with E-state index < -0.39 is 0 Å². The van der Waals surface area contributed by atoms with Crippen LogP contribution in [0.15, 0.2) is 24.3 Å². The van der Waals surface area contributed by atoms with Crippen LogP contribution >= 0.6 is 24.0 Å². The monoisotopic (exact) mass is 274 g/mol. The summed E-state index contributed by atoms with van der Waals surface area (Å²) in [4.78, 5) is 11.9. The van der Waals surface area contributed by atoms with Gasteiger partial charge in [0.05, 0.1) is 5.92 Å². The van der Waals surface area contributed by atoms with Crippen molar-refractivity contribution in [3.8, 4) is 0 Å². The number of hydrogen-bond acceptors (Lipinski definition) is 2. The smallest absolute Gasteiger partial charge is 0.228 e. The summed E-state index contributed by atoms with van der Waals surface area (Å²) in [5, 5.41) is 6.81. The van der Waals surface area contributed by atoms with Crippen LogP contribution in [0.2, 0.25) is 5.02 Å². The van der Waals surface area contributed by atoms with E-state index in [9.17, 15) is 4.79 Å². The van der Waals surface area contributed by atoms with Crippen molar-refractivity contribution in [3.05, 3.63) is 29.3 Å². The lowest BCUT2D eigenvalue weighted by atomic mass is 9.99. The first kappa shape index (κ1) is 14.3. The van der Waals surface area contributed by atoms with Gasteiger partial charge in [-0.05, 0) is 43.7 Å². The quantitative estimate of drug-likeness (QED) is 0.871. The summed E-state index contributed by atoms with van der Waals surface area (Å²) >= 11 is 5.77. The fraction of sp³-hybridized carbons (Fsp3) is 0.417. The van der Waals surface area contributed by atoms with Gasteiger partial charge in [0, 0.05) is 17.3 Å². The van der Waals surface area contributed by atoms with Crippen molar-refractivity contribution in [3.63, 3.8) is 0 Å². The maximum atomic E-state index is 11.9. The minimum absolute atomic E-state index is 0. The van der Waals surface area contributed by atoms with E-state index in [1.165, 1.54) is 0 Å². The van der Waals surface area contributed by atoms with Crippen molar-refractivity contribution >= 4 is 35.6 Å². The molecule has 1 aromatic carbocycles. The minimum Gasteiger partial charge on any atom is -0.326 e. The Morgan fingerprint density at radius 1 is 1.35 bits per heavy atom. The van der Waals surface area contributed by atoms with Gasteiger partial charge in [0.25, 0.3) is 0 Å². The summed E-state index contributed by atoms with van der Waals surface area (Å²) in [5.41, 5.74) is 0.806. The van der Waals surface area contributed by atoms with Gasteiger partial charge >= 0.3 is 0 Å². The number of hydrogen-bond donors (Lipinski definition) is 2. The first-order chi connectivity index (χ1) is 7.75. The van der Waals surface area contributed by atoms with E-state index in [1.807, 2.05) is 12.1 Å². The van der Waals surface area contributed by atoms with E-state index in [0.717, 1.165) is 31.6 Å². The predicted molar refractivity (Wildman–Crippen MR) is 72.9 cm³/mol. The SMILES string of the molecule is Cl.O=C(Nc1ccc(Cl)cc1)C1CCCNC1. The molecule has 0 aliphatic carbocycles. The van der Waals surface area contributed by atoms with Crippen LogP contribution < -0.4 is 10.6 Å². The molecular weight excluding hydrogens is 259 g/mol. The minimum atomic E-state index is 0. The first-order valence-corrected chi connectivity index (χ1v) is 5.90. The topological polar surface area (TPSA) is 41.1 Å². The maximum Gasteiger partial charge on any atom is 0.228 e. The van der Waals surface area contributed by atoms with Crippen molar-refractivity contribution < 1.29 is 4.79 Å². The fourth-order valence-electron chi connectivity index (χ4n) is 1.85. The Hall–Kier alpha value is -0.770. The molecule has 1 amide bonds.